The number of rotatable bonds is 6. The van der Waals surface area contributed by atoms with Crippen LogP contribution in [0, 0.1) is 16.7 Å². The summed E-state index contributed by atoms with van der Waals surface area (Å²) in [6.45, 7) is 17.7. The quantitative estimate of drug-likeness (QED) is 0.313. The molecule has 1 fully saturated rings. The van der Waals surface area contributed by atoms with Crippen LogP contribution in [0.25, 0.3) is 5.57 Å². The van der Waals surface area contributed by atoms with Crippen LogP contribution in [0.4, 0.5) is 13.2 Å². The molecular formula is C36H47F3N2O4Si. The van der Waals surface area contributed by atoms with Crippen LogP contribution in [0.2, 0.25) is 18.1 Å². The normalized spacial score (nSPS) is 21.7. The second kappa shape index (κ2) is 12.8. The van der Waals surface area contributed by atoms with E-state index in [0.29, 0.717) is 38.4 Å². The predicted octanol–water partition coefficient (Wildman–Crippen LogP) is 8.79. The molecule has 1 N–H and O–H groups in total. The number of nitrogens with zero attached hydrogens (tertiary/aromatic N) is 2. The van der Waals surface area contributed by atoms with Gasteiger partial charge in [-0.15, -0.1) is 0 Å². The number of halogens is 3. The number of ether oxygens (including phenoxy) is 2. The van der Waals surface area contributed by atoms with Crippen molar-refractivity contribution in [2.24, 2.45) is 5.41 Å². The summed E-state index contributed by atoms with van der Waals surface area (Å²) in [5, 5.41) is 22.0. The van der Waals surface area contributed by atoms with Crippen molar-refractivity contribution in [1.29, 1.82) is 5.26 Å². The van der Waals surface area contributed by atoms with Crippen molar-refractivity contribution in [3.05, 3.63) is 69.0 Å². The van der Waals surface area contributed by atoms with E-state index in [-0.39, 0.29) is 28.0 Å². The fraction of sp³-hybridized carbons (Fsp3) is 0.611. The number of benzene rings is 1. The number of aliphatic hydroxyl groups excluding tert-OH is 1. The highest BCUT2D eigenvalue weighted by Crippen LogP contribution is 2.52. The minimum atomic E-state index is -4.69. The highest BCUT2D eigenvalue weighted by Gasteiger charge is 2.45. The molecule has 250 valence electrons. The molecule has 0 amide bonds. The Hall–Kier alpha value is -2.55. The number of aromatic nitrogens is 1. The van der Waals surface area contributed by atoms with E-state index in [9.17, 15) is 23.5 Å². The van der Waals surface area contributed by atoms with Gasteiger partial charge in [-0.25, -0.2) is 0 Å². The molecule has 10 heteroatoms. The summed E-state index contributed by atoms with van der Waals surface area (Å²) < 4.78 is 59.9. The van der Waals surface area contributed by atoms with E-state index < -0.39 is 31.7 Å². The summed E-state index contributed by atoms with van der Waals surface area (Å²) in [6.07, 6.45) is -0.648. The first-order valence-corrected chi connectivity index (χ1v) is 19.2. The largest absolute Gasteiger partial charge is 0.417 e. The Balaban J connectivity index is 1.82. The molecule has 1 unspecified atom stereocenters. The molecule has 1 saturated heterocycles. The average molecular weight is 657 g/mol. The fourth-order valence-corrected chi connectivity index (χ4v) is 8.09. The Morgan fingerprint density at radius 2 is 1.80 bits per heavy atom. The number of pyridine rings is 1. The number of aliphatic hydroxyl groups is 1. The van der Waals surface area contributed by atoms with Gasteiger partial charge in [-0.3, -0.25) is 4.98 Å². The third kappa shape index (κ3) is 7.00. The van der Waals surface area contributed by atoms with E-state index in [2.05, 4.69) is 53.8 Å². The van der Waals surface area contributed by atoms with Crippen molar-refractivity contribution in [2.75, 3.05) is 26.4 Å². The van der Waals surface area contributed by atoms with Gasteiger partial charge in [0.1, 0.15) is 6.10 Å². The summed E-state index contributed by atoms with van der Waals surface area (Å²) in [6, 6.07) is 5.07. The van der Waals surface area contributed by atoms with Crippen LogP contribution in [-0.4, -0.2) is 44.8 Å². The fourth-order valence-electron chi connectivity index (χ4n) is 6.82. The molecule has 1 aromatic carbocycles. The first-order valence-electron chi connectivity index (χ1n) is 16.3. The lowest BCUT2D eigenvalue weighted by atomic mass is 9.70. The summed E-state index contributed by atoms with van der Waals surface area (Å²) in [5.41, 5.74) is 3.84. The highest BCUT2D eigenvalue weighted by atomic mass is 28.4. The molecule has 1 aliphatic carbocycles. The second-order valence-corrected chi connectivity index (χ2v) is 20.1. The molecule has 2 aliphatic heterocycles. The van der Waals surface area contributed by atoms with E-state index in [1.54, 1.807) is 6.07 Å². The first kappa shape index (κ1) is 34.8. The van der Waals surface area contributed by atoms with Crippen molar-refractivity contribution in [2.45, 2.75) is 109 Å². The summed E-state index contributed by atoms with van der Waals surface area (Å²) in [4.78, 5) is 5.39. The molecule has 2 aromatic rings. The van der Waals surface area contributed by atoms with E-state index >= 15 is 0 Å². The molecule has 1 aromatic heterocycles. The molecule has 3 aliphatic rings. The van der Waals surface area contributed by atoms with Crippen LogP contribution >= 0.6 is 0 Å². The lowest BCUT2D eigenvalue weighted by molar-refractivity contribution is -0.137. The minimum absolute atomic E-state index is 0.00225. The summed E-state index contributed by atoms with van der Waals surface area (Å²) in [5.74, 6) is -0.00225. The van der Waals surface area contributed by atoms with E-state index in [0.717, 1.165) is 59.8 Å². The Morgan fingerprint density at radius 1 is 1.11 bits per heavy atom. The first-order chi connectivity index (χ1) is 21.4. The van der Waals surface area contributed by atoms with Gasteiger partial charge in [0.15, 0.2) is 8.32 Å². The van der Waals surface area contributed by atoms with Gasteiger partial charge in [0.05, 0.1) is 42.2 Å². The molecule has 5 rings (SSSR count). The van der Waals surface area contributed by atoms with Crippen LogP contribution in [0.3, 0.4) is 0 Å². The van der Waals surface area contributed by atoms with Crippen LogP contribution in [0.5, 0.6) is 0 Å². The van der Waals surface area contributed by atoms with Crippen molar-refractivity contribution in [3.63, 3.8) is 0 Å². The molecule has 0 bridgehead atoms. The number of nitriles is 1. The average Bonchev–Trinajstić information content (AvgIpc) is 2.98. The molecule has 3 heterocycles. The van der Waals surface area contributed by atoms with Gasteiger partial charge in [-0.2, -0.15) is 18.4 Å². The van der Waals surface area contributed by atoms with Crippen LogP contribution in [0.1, 0.15) is 123 Å². The SMILES string of the molecule is CC1(C)Cc2nc(C3CCOCC3)c(C(O)c3ccc(C(F)(F)F)c(C#N)c3)c(C3=CCOCC3)c2[C@H](O[Si](C)(C)C(C)(C)C)C1. The van der Waals surface area contributed by atoms with Crippen LogP contribution < -0.4 is 0 Å². The van der Waals surface area contributed by atoms with E-state index in [4.69, 9.17) is 18.9 Å². The Kier molecular flexibility index (Phi) is 9.68. The molecular weight excluding hydrogens is 609 g/mol. The Labute approximate surface area is 272 Å². The zero-order valence-corrected chi connectivity index (χ0v) is 29.1. The standard InChI is InChI=1S/C36H47F3N2O4Si/c1-34(2,3)46(6,7)45-28-20-35(4,5)19-27-30(28)29(22-10-14-43-15-11-22)31(32(41-27)23-12-16-44-17-13-23)33(42)24-8-9-26(36(37,38)39)25(18-24)21-40/h8-10,18,23,28,33,42H,11-17,19-20H2,1-7H3/t28-,33?/m1/s1. The molecule has 0 spiro atoms. The number of alkyl halides is 3. The highest BCUT2D eigenvalue weighted by molar-refractivity contribution is 6.74. The number of hydrogen-bond acceptors (Lipinski definition) is 6. The lowest BCUT2D eigenvalue weighted by Gasteiger charge is -2.45. The van der Waals surface area contributed by atoms with Gasteiger partial charge in [0, 0.05) is 36.0 Å². The van der Waals surface area contributed by atoms with Crippen molar-refractivity contribution >= 4 is 13.9 Å². The summed E-state index contributed by atoms with van der Waals surface area (Å²) in [7, 11) is -2.28. The molecule has 0 saturated carbocycles. The van der Waals surface area contributed by atoms with Crippen molar-refractivity contribution in [3.8, 4) is 6.07 Å². The smallest absolute Gasteiger partial charge is 0.410 e. The van der Waals surface area contributed by atoms with E-state index in [1.165, 1.54) is 12.1 Å². The maximum atomic E-state index is 13.8. The van der Waals surface area contributed by atoms with Gasteiger partial charge in [-0.05, 0) is 84.5 Å². The lowest BCUT2D eigenvalue weighted by Crippen LogP contribution is -2.44. The molecule has 6 nitrogen and oxygen atoms in total. The topological polar surface area (TPSA) is 84.6 Å². The minimum Gasteiger partial charge on any atom is -0.410 e. The predicted molar refractivity (Wildman–Crippen MR) is 174 cm³/mol. The third-order valence-electron chi connectivity index (χ3n) is 10.3. The Morgan fingerprint density at radius 3 is 2.39 bits per heavy atom. The van der Waals surface area contributed by atoms with Crippen molar-refractivity contribution < 1.29 is 32.2 Å². The maximum Gasteiger partial charge on any atom is 0.417 e. The Bertz CT molecular complexity index is 1530. The van der Waals surface area contributed by atoms with Crippen molar-refractivity contribution in [1.82, 2.24) is 4.98 Å². The van der Waals surface area contributed by atoms with Gasteiger partial charge in [0.25, 0.3) is 0 Å². The third-order valence-corrected chi connectivity index (χ3v) is 14.8. The van der Waals surface area contributed by atoms with E-state index in [1.807, 2.05) is 0 Å². The zero-order chi connectivity index (χ0) is 33.7. The summed E-state index contributed by atoms with van der Waals surface area (Å²) >= 11 is 0. The van der Waals surface area contributed by atoms with Crippen LogP contribution in [-0.2, 0) is 26.5 Å². The number of hydrogen-bond donors (Lipinski definition) is 1. The number of fused-ring (bicyclic) bond motifs is 1. The zero-order valence-electron chi connectivity index (χ0n) is 28.1. The van der Waals surface area contributed by atoms with Crippen LogP contribution in [0.15, 0.2) is 24.3 Å². The monoisotopic (exact) mass is 656 g/mol. The molecule has 2 atom stereocenters. The van der Waals surface area contributed by atoms with Gasteiger partial charge < -0.3 is 19.0 Å². The second-order valence-electron chi connectivity index (χ2n) is 15.3. The van der Waals surface area contributed by atoms with Gasteiger partial charge in [0.2, 0.25) is 0 Å². The molecule has 0 radical (unpaired) electrons. The van der Waals surface area contributed by atoms with Gasteiger partial charge >= 0.3 is 6.18 Å². The van der Waals surface area contributed by atoms with Gasteiger partial charge in [-0.1, -0.05) is 46.8 Å². The maximum absolute atomic E-state index is 13.8. The molecule has 46 heavy (non-hydrogen) atoms.